The fourth-order valence-electron chi connectivity index (χ4n) is 2.87. The Bertz CT molecular complexity index is 907. The number of aromatic nitrogens is 2. The van der Waals surface area contributed by atoms with Crippen LogP contribution in [0.2, 0.25) is 0 Å². The Kier molecular flexibility index (Phi) is 3.75. The summed E-state index contributed by atoms with van der Waals surface area (Å²) >= 11 is 0. The molecule has 5 heteroatoms. The van der Waals surface area contributed by atoms with Gasteiger partial charge in [-0.1, -0.05) is 36.4 Å². The highest BCUT2D eigenvalue weighted by molar-refractivity contribution is 5.88. The standard InChI is InChI=1S/C19H16N4O/c24-19(16-11-15(16)14-4-2-1-3-5-14)23-22-12-13-6-7-17-18(10-13)21-9-8-20-17/h1-10,12,15-16H,11H2,(H,23,24). The molecule has 1 aliphatic carbocycles. The Balaban J connectivity index is 1.37. The molecule has 0 bridgehead atoms. The van der Waals surface area contributed by atoms with Crippen LogP contribution in [-0.4, -0.2) is 22.1 Å². The van der Waals surface area contributed by atoms with Gasteiger partial charge >= 0.3 is 0 Å². The van der Waals surface area contributed by atoms with E-state index in [-0.39, 0.29) is 11.8 Å². The molecule has 2 unspecified atom stereocenters. The molecular formula is C19H16N4O. The number of nitrogens with zero attached hydrogens (tertiary/aromatic N) is 3. The van der Waals surface area contributed by atoms with Crippen molar-refractivity contribution in [1.82, 2.24) is 15.4 Å². The van der Waals surface area contributed by atoms with Crippen LogP contribution < -0.4 is 5.43 Å². The second kappa shape index (κ2) is 6.20. The first-order valence-electron chi connectivity index (χ1n) is 7.90. The number of hydrogen-bond donors (Lipinski definition) is 1. The van der Waals surface area contributed by atoms with Gasteiger partial charge in [0.1, 0.15) is 0 Å². The zero-order chi connectivity index (χ0) is 16.4. The van der Waals surface area contributed by atoms with Crippen LogP contribution in [0.5, 0.6) is 0 Å². The SMILES string of the molecule is O=C(NN=Cc1ccc2nccnc2c1)C1CC1c1ccccc1. The van der Waals surface area contributed by atoms with Gasteiger partial charge in [0.15, 0.2) is 0 Å². The van der Waals surface area contributed by atoms with Gasteiger partial charge in [-0.3, -0.25) is 14.8 Å². The van der Waals surface area contributed by atoms with E-state index in [0.29, 0.717) is 5.92 Å². The lowest BCUT2D eigenvalue weighted by molar-refractivity contribution is -0.122. The predicted octanol–water partition coefficient (Wildman–Crippen LogP) is 2.88. The van der Waals surface area contributed by atoms with Gasteiger partial charge in [0.05, 0.1) is 17.2 Å². The monoisotopic (exact) mass is 316 g/mol. The summed E-state index contributed by atoms with van der Waals surface area (Å²) in [5.74, 6) is 0.310. The van der Waals surface area contributed by atoms with E-state index in [1.165, 1.54) is 5.56 Å². The molecular weight excluding hydrogens is 300 g/mol. The molecule has 1 amide bonds. The molecule has 5 nitrogen and oxygen atoms in total. The third kappa shape index (κ3) is 3.01. The maximum atomic E-state index is 12.1. The van der Waals surface area contributed by atoms with Crippen LogP contribution in [0, 0.1) is 5.92 Å². The highest BCUT2D eigenvalue weighted by atomic mass is 16.2. The van der Waals surface area contributed by atoms with Crippen LogP contribution in [0.25, 0.3) is 11.0 Å². The summed E-state index contributed by atoms with van der Waals surface area (Å²) in [4.78, 5) is 20.6. The molecule has 2 aromatic carbocycles. The summed E-state index contributed by atoms with van der Waals surface area (Å²) in [6.07, 6.45) is 5.83. The van der Waals surface area contributed by atoms with E-state index in [1.54, 1.807) is 18.6 Å². The summed E-state index contributed by atoms with van der Waals surface area (Å²) in [5.41, 5.74) is 6.37. The van der Waals surface area contributed by atoms with Crippen molar-refractivity contribution in [2.75, 3.05) is 0 Å². The number of hydrogen-bond acceptors (Lipinski definition) is 4. The summed E-state index contributed by atoms with van der Waals surface area (Å²) in [6, 6.07) is 15.8. The molecule has 1 saturated carbocycles. The van der Waals surface area contributed by atoms with Crippen LogP contribution in [0.15, 0.2) is 66.0 Å². The molecule has 0 radical (unpaired) electrons. The smallest absolute Gasteiger partial charge is 0.243 e. The molecule has 118 valence electrons. The largest absolute Gasteiger partial charge is 0.273 e. The van der Waals surface area contributed by atoms with E-state index >= 15 is 0 Å². The molecule has 2 atom stereocenters. The number of carbonyl (C=O) groups is 1. The van der Waals surface area contributed by atoms with Gasteiger partial charge in [-0.15, -0.1) is 0 Å². The zero-order valence-corrected chi connectivity index (χ0v) is 13.0. The first-order chi connectivity index (χ1) is 11.8. The number of fused-ring (bicyclic) bond motifs is 1. The van der Waals surface area contributed by atoms with E-state index in [1.807, 2.05) is 36.4 Å². The van der Waals surface area contributed by atoms with Crippen molar-refractivity contribution in [3.8, 4) is 0 Å². The molecule has 0 spiro atoms. The topological polar surface area (TPSA) is 67.2 Å². The fourth-order valence-corrected chi connectivity index (χ4v) is 2.87. The molecule has 1 N–H and O–H groups in total. The molecule has 1 aromatic heterocycles. The second-order valence-electron chi connectivity index (χ2n) is 5.90. The lowest BCUT2D eigenvalue weighted by Crippen LogP contribution is -2.20. The van der Waals surface area contributed by atoms with Crippen molar-refractivity contribution in [3.63, 3.8) is 0 Å². The first-order valence-corrected chi connectivity index (χ1v) is 7.90. The van der Waals surface area contributed by atoms with E-state index < -0.39 is 0 Å². The Morgan fingerprint density at radius 3 is 2.71 bits per heavy atom. The third-order valence-electron chi connectivity index (χ3n) is 4.24. The number of nitrogens with one attached hydrogen (secondary N) is 1. The van der Waals surface area contributed by atoms with Crippen molar-refractivity contribution < 1.29 is 4.79 Å². The van der Waals surface area contributed by atoms with Gasteiger partial charge in [0.25, 0.3) is 0 Å². The Hall–Kier alpha value is -3.08. The second-order valence-corrected chi connectivity index (χ2v) is 5.90. The minimum atomic E-state index is -0.0271. The Morgan fingerprint density at radius 1 is 1.08 bits per heavy atom. The molecule has 24 heavy (non-hydrogen) atoms. The minimum absolute atomic E-state index is 0.0204. The summed E-state index contributed by atoms with van der Waals surface area (Å²) < 4.78 is 0. The zero-order valence-electron chi connectivity index (χ0n) is 13.0. The average molecular weight is 316 g/mol. The normalized spacial score (nSPS) is 19.5. The first kappa shape index (κ1) is 14.5. The lowest BCUT2D eigenvalue weighted by atomic mass is 10.1. The predicted molar refractivity (Wildman–Crippen MR) is 92.6 cm³/mol. The highest BCUT2D eigenvalue weighted by Crippen LogP contribution is 2.47. The lowest BCUT2D eigenvalue weighted by Gasteiger charge is -2.00. The van der Waals surface area contributed by atoms with Crippen molar-refractivity contribution in [2.24, 2.45) is 11.0 Å². The fraction of sp³-hybridized carbons (Fsp3) is 0.158. The van der Waals surface area contributed by atoms with Crippen LogP contribution in [-0.2, 0) is 4.79 Å². The van der Waals surface area contributed by atoms with Gasteiger partial charge in [-0.2, -0.15) is 5.10 Å². The van der Waals surface area contributed by atoms with E-state index in [2.05, 4.69) is 32.6 Å². The van der Waals surface area contributed by atoms with Gasteiger partial charge < -0.3 is 0 Å². The van der Waals surface area contributed by atoms with Crippen LogP contribution in [0.1, 0.15) is 23.5 Å². The molecule has 4 rings (SSSR count). The minimum Gasteiger partial charge on any atom is -0.273 e. The quantitative estimate of drug-likeness (QED) is 0.594. The van der Waals surface area contributed by atoms with Gasteiger partial charge in [-0.25, -0.2) is 5.43 Å². The number of hydrazone groups is 1. The van der Waals surface area contributed by atoms with Crippen LogP contribution in [0.3, 0.4) is 0 Å². The molecule has 1 fully saturated rings. The maximum absolute atomic E-state index is 12.1. The number of benzene rings is 2. The van der Waals surface area contributed by atoms with Gasteiger partial charge in [-0.05, 0) is 35.6 Å². The van der Waals surface area contributed by atoms with Gasteiger partial charge in [0.2, 0.25) is 5.91 Å². The van der Waals surface area contributed by atoms with Crippen molar-refractivity contribution in [3.05, 3.63) is 72.1 Å². The van der Waals surface area contributed by atoms with Crippen LogP contribution in [0.4, 0.5) is 0 Å². The summed E-state index contributed by atoms with van der Waals surface area (Å²) in [5, 5.41) is 4.06. The van der Waals surface area contributed by atoms with Crippen molar-refractivity contribution >= 4 is 23.2 Å². The number of amides is 1. The molecule has 1 aliphatic rings. The highest BCUT2D eigenvalue weighted by Gasteiger charge is 2.43. The molecule has 0 saturated heterocycles. The molecule has 1 heterocycles. The van der Waals surface area contributed by atoms with E-state index in [9.17, 15) is 4.79 Å². The molecule has 3 aromatic rings. The number of rotatable bonds is 4. The Morgan fingerprint density at radius 2 is 1.88 bits per heavy atom. The van der Waals surface area contributed by atoms with Crippen molar-refractivity contribution in [2.45, 2.75) is 12.3 Å². The number of carbonyl (C=O) groups excluding carboxylic acids is 1. The van der Waals surface area contributed by atoms with Crippen LogP contribution >= 0.6 is 0 Å². The Labute approximate surface area is 139 Å². The molecule has 0 aliphatic heterocycles. The summed E-state index contributed by atoms with van der Waals surface area (Å²) in [7, 11) is 0. The summed E-state index contributed by atoms with van der Waals surface area (Å²) in [6.45, 7) is 0. The van der Waals surface area contributed by atoms with E-state index in [4.69, 9.17) is 0 Å². The maximum Gasteiger partial charge on any atom is 0.243 e. The third-order valence-corrected chi connectivity index (χ3v) is 4.24. The van der Waals surface area contributed by atoms with E-state index in [0.717, 1.165) is 23.0 Å². The van der Waals surface area contributed by atoms with Crippen molar-refractivity contribution in [1.29, 1.82) is 0 Å². The van der Waals surface area contributed by atoms with Gasteiger partial charge in [0, 0.05) is 18.3 Å². The average Bonchev–Trinajstić information content (AvgIpc) is 3.43.